The number of carbonyl (C=O) groups excluding carboxylic acids is 2. The molecule has 0 rings (SSSR count). The average Bonchev–Trinajstić information content (AvgIpc) is 3.18. The number of aldehydes is 2. The highest BCUT2D eigenvalue weighted by atomic mass is 16.4. The Kier molecular flexibility index (Phi) is 34.5. The summed E-state index contributed by atoms with van der Waals surface area (Å²) in [5, 5.41) is 24.9. The standard InChI is InChI=1S/C43H63N3O4.2C2H6/c1-9-14-24-42(8,35(6)30-39(34-48)21-28-45-27-13-5)25-16-18-37(32-44)19-20-40(46-29-22-41(49)50)43(23-12-4,26-15-10-2)36(7)31-38(33-47)17-11-3;2*1-2/h12,16,18-21,28,30-31,33-34,45-46H,4,6-7,9-11,13-15,17,22-27,29H2,1-3,5,8H3,(H,49,50);2*1-2H3/p+1/b18-16+,28-21-,37-19-,38-31+,39-30+,40-20+;;. The molecule has 0 saturated carbocycles. The third-order valence-corrected chi connectivity index (χ3v) is 8.92. The number of carbonyl (C=O) groups is 3. The zero-order valence-electron chi connectivity index (χ0n) is 35.6. The van der Waals surface area contributed by atoms with E-state index in [0.717, 1.165) is 80.9 Å². The van der Waals surface area contributed by atoms with Crippen LogP contribution >= 0.6 is 0 Å². The van der Waals surface area contributed by atoms with Crippen molar-refractivity contribution in [2.24, 2.45) is 10.8 Å². The molecule has 0 spiro atoms. The normalized spacial score (nSPS) is 14.4. The van der Waals surface area contributed by atoms with E-state index in [2.05, 4.69) is 58.8 Å². The molecule has 0 radical (unpaired) electrons. The van der Waals surface area contributed by atoms with Gasteiger partial charge in [-0.15, -0.1) is 6.58 Å². The number of allylic oxidation sites excluding steroid dienone is 13. The molecular weight excluding hydrogens is 671 g/mol. The maximum absolute atomic E-state index is 11.9. The molecule has 0 bridgehead atoms. The zero-order valence-corrected chi connectivity index (χ0v) is 35.6. The molecule has 54 heavy (non-hydrogen) atoms. The number of nitrogens with one attached hydrogen (secondary N) is 1. The highest BCUT2D eigenvalue weighted by molar-refractivity contribution is 5.78. The first-order valence-electron chi connectivity index (χ1n) is 20.2. The number of quaternary nitrogens is 1. The van der Waals surface area contributed by atoms with E-state index in [0.29, 0.717) is 42.4 Å². The molecule has 0 heterocycles. The number of nitrogens with two attached hydrogens (primary N) is 1. The van der Waals surface area contributed by atoms with Gasteiger partial charge in [0.15, 0.2) is 0 Å². The molecule has 0 aromatic rings. The molecule has 2 unspecified atom stereocenters. The fourth-order valence-corrected chi connectivity index (χ4v) is 5.69. The Labute approximate surface area is 330 Å². The van der Waals surface area contributed by atoms with E-state index >= 15 is 0 Å². The molecule has 0 aromatic carbocycles. The number of carboxylic acids is 1. The number of aliphatic carboxylic acids is 1. The third kappa shape index (κ3) is 22.1. The van der Waals surface area contributed by atoms with Crippen molar-refractivity contribution in [3.8, 4) is 6.07 Å². The van der Waals surface area contributed by atoms with E-state index in [9.17, 15) is 24.8 Å². The summed E-state index contributed by atoms with van der Waals surface area (Å²) < 4.78 is 0. The Bertz CT molecular complexity index is 1350. The molecule has 0 fully saturated rings. The number of unbranched alkanes of at least 4 members (excludes halogenated alkanes) is 2. The van der Waals surface area contributed by atoms with Crippen LogP contribution in [0, 0.1) is 22.2 Å². The van der Waals surface area contributed by atoms with Crippen LogP contribution in [0.1, 0.15) is 139 Å². The van der Waals surface area contributed by atoms with Gasteiger partial charge in [-0.25, -0.2) is 0 Å². The first-order valence-corrected chi connectivity index (χ1v) is 20.2. The highest BCUT2D eigenvalue weighted by Gasteiger charge is 2.35. The Balaban J connectivity index is -0.00000627. The summed E-state index contributed by atoms with van der Waals surface area (Å²) >= 11 is 0. The smallest absolute Gasteiger partial charge is 0.305 e. The molecule has 302 valence electrons. The number of hydrogen-bond donors (Lipinski definition) is 3. The van der Waals surface area contributed by atoms with Crippen LogP contribution in [-0.4, -0.2) is 36.7 Å². The molecule has 0 saturated heterocycles. The lowest BCUT2D eigenvalue weighted by atomic mass is 9.70. The topological polar surface area (TPSA) is 124 Å². The zero-order chi connectivity index (χ0) is 41.8. The summed E-state index contributed by atoms with van der Waals surface area (Å²) in [6.07, 6.45) is 27.3. The van der Waals surface area contributed by atoms with Gasteiger partial charge in [0.1, 0.15) is 12.6 Å². The van der Waals surface area contributed by atoms with Crippen LogP contribution in [0.4, 0.5) is 0 Å². The summed E-state index contributed by atoms with van der Waals surface area (Å²) in [6.45, 7) is 32.5. The minimum atomic E-state index is -0.922. The van der Waals surface area contributed by atoms with Crippen LogP contribution in [0.2, 0.25) is 0 Å². The molecule has 4 N–H and O–H groups in total. The van der Waals surface area contributed by atoms with Crippen LogP contribution in [-0.2, 0) is 14.4 Å². The van der Waals surface area contributed by atoms with Crippen molar-refractivity contribution in [2.45, 2.75) is 139 Å². The quantitative estimate of drug-likeness (QED) is 0.0175. The third-order valence-electron chi connectivity index (χ3n) is 8.92. The molecule has 7 heteroatoms. The maximum Gasteiger partial charge on any atom is 0.305 e. The minimum Gasteiger partial charge on any atom is -0.481 e. The van der Waals surface area contributed by atoms with Crippen LogP contribution in [0.25, 0.3) is 0 Å². The van der Waals surface area contributed by atoms with Gasteiger partial charge in [0, 0.05) is 29.3 Å². The van der Waals surface area contributed by atoms with Gasteiger partial charge >= 0.3 is 5.97 Å². The molecule has 0 amide bonds. The molecule has 0 aliphatic heterocycles. The molecule has 0 aromatic heterocycles. The van der Waals surface area contributed by atoms with E-state index < -0.39 is 11.4 Å². The van der Waals surface area contributed by atoms with Crippen LogP contribution in [0.5, 0.6) is 0 Å². The predicted molar refractivity (Wildman–Crippen MR) is 231 cm³/mol. The largest absolute Gasteiger partial charge is 0.481 e. The maximum atomic E-state index is 11.9. The van der Waals surface area contributed by atoms with Crippen molar-refractivity contribution in [3.63, 3.8) is 0 Å². The monoisotopic (exact) mass is 747 g/mol. The van der Waals surface area contributed by atoms with Crippen molar-refractivity contribution in [2.75, 3.05) is 13.1 Å². The molecule has 2 atom stereocenters. The summed E-state index contributed by atoms with van der Waals surface area (Å²) in [7, 11) is 0. The number of carboxylic acid groups (broad SMARTS) is 1. The lowest BCUT2D eigenvalue weighted by molar-refractivity contribution is -0.587. The molecule has 0 aliphatic carbocycles. The summed E-state index contributed by atoms with van der Waals surface area (Å²) in [5.74, 6) is -0.922. The number of nitriles is 1. The lowest BCUT2D eigenvalue weighted by Gasteiger charge is -2.37. The second-order valence-corrected chi connectivity index (χ2v) is 13.1. The second kappa shape index (κ2) is 34.5. The summed E-state index contributed by atoms with van der Waals surface area (Å²) in [6, 6.07) is 2.29. The molecular formula is C47H76N3O4+. The predicted octanol–water partition coefficient (Wildman–Crippen LogP) is 11.0. The summed E-state index contributed by atoms with van der Waals surface area (Å²) in [4.78, 5) is 35.2. The second-order valence-electron chi connectivity index (χ2n) is 13.1. The van der Waals surface area contributed by atoms with Crippen molar-refractivity contribution in [3.05, 3.63) is 108 Å². The van der Waals surface area contributed by atoms with Crippen LogP contribution in [0.15, 0.2) is 108 Å². The van der Waals surface area contributed by atoms with E-state index in [1.165, 1.54) is 0 Å². The van der Waals surface area contributed by atoms with Gasteiger partial charge in [-0.3, -0.25) is 14.4 Å². The minimum absolute atomic E-state index is 0.0883. The Hall–Kier alpha value is -4.28. The number of hydrogen-bond acceptors (Lipinski definition) is 5. The Morgan fingerprint density at radius 1 is 0.852 bits per heavy atom. The average molecular weight is 747 g/mol. The molecule has 7 nitrogen and oxygen atoms in total. The van der Waals surface area contributed by atoms with Gasteiger partial charge in [0.25, 0.3) is 0 Å². The number of rotatable bonds is 29. The van der Waals surface area contributed by atoms with Crippen molar-refractivity contribution in [1.82, 2.24) is 5.32 Å². The first-order chi connectivity index (χ1) is 26.0. The van der Waals surface area contributed by atoms with Crippen molar-refractivity contribution < 1.29 is 24.8 Å². The van der Waals surface area contributed by atoms with Crippen LogP contribution < -0.4 is 10.6 Å². The van der Waals surface area contributed by atoms with Gasteiger partial charge in [-0.1, -0.05) is 126 Å². The fourth-order valence-electron chi connectivity index (χ4n) is 5.69. The Morgan fingerprint density at radius 3 is 2.02 bits per heavy atom. The SMILES string of the molecule is C=CCC(CCCC)(C(=C)/C=C(/C=O)CCC)\C(=C/C=C(C#N)/C=C/CC(C)(CCCC)C(=C)/C=C(C=O)\C=C/[NH2+]CCC)NCCC(=O)O.CC.CC. The van der Waals surface area contributed by atoms with Crippen molar-refractivity contribution >= 4 is 18.5 Å². The van der Waals surface area contributed by atoms with E-state index in [-0.39, 0.29) is 18.4 Å². The van der Waals surface area contributed by atoms with Gasteiger partial charge in [0.05, 0.1) is 30.8 Å². The van der Waals surface area contributed by atoms with Gasteiger partial charge < -0.3 is 15.7 Å². The number of nitrogens with zero attached hydrogens (tertiary/aromatic N) is 1. The van der Waals surface area contributed by atoms with E-state index in [1.54, 1.807) is 12.2 Å². The molecule has 0 aliphatic rings. The van der Waals surface area contributed by atoms with E-state index in [4.69, 9.17) is 0 Å². The van der Waals surface area contributed by atoms with Gasteiger partial charge in [0.2, 0.25) is 0 Å². The first kappa shape index (κ1) is 54.1. The Morgan fingerprint density at radius 2 is 1.50 bits per heavy atom. The van der Waals surface area contributed by atoms with Gasteiger partial charge in [-0.2, -0.15) is 5.26 Å². The lowest BCUT2D eigenvalue weighted by Crippen LogP contribution is -2.77. The fraction of sp³-hybridized carbons (Fsp3) is 0.532. The van der Waals surface area contributed by atoms with Gasteiger partial charge in [-0.05, 0) is 85.0 Å². The van der Waals surface area contributed by atoms with Crippen molar-refractivity contribution in [1.29, 1.82) is 5.26 Å². The van der Waals surface area contributed by atoms with E-state index in [1.807, 2.05) is 82.6 Å². The summed E-state index contributed by atoms with van der Waals surface area (Å²) in [5.41, 5.74) is 2.97. The highest BCUT2D eigenvalue weighted by Crippen LogP contribution is 2.44. The van der Waals surface area contributed by atoms with Crippen LogP contribution in [0.3, 0.4) is 0 Å².